The molecule has 0 radical (unpaired) electrons. The van der Waals surface area contributed by atoms with E-state index in [4.69, 9.17) is 15.2 Å². The molecule has 1 aromatic rings. The lowest BCUT2D eigenvalue weighted by Crippen LogP contribution is -2.30. The van der Waals surface area contributed by atoms with Gasteiger partial charge >= 0.3 is 0 Å². The molecule has 1 saturated heterocycles. The first-order valence-electron chi connectivity index (χ1n) is 6.40. The van der Waals surface area contributed by atoms with Crippen molar-refractivity contribution in [1.82, 2.24) is 4.90 Å². The monoisotopic (exact) mass is 264 g/mol. The second kappa shape index (κ2) is 5.48. The van der Waals surface area contributed by atoms with Gasteiger partial charge in [-0.2, -0.15) is 0 Å². The van der Waals surface area contributed by atoms with Crippen molar-refractivity contribution in [2.75, 3.05) is 20.8 Å². The summed E-state index contributed by atoms with van der Waals surface area (Å²) < 4.78 is 10.8. The summed E-state index contributed by atoms with van der Waals surface area (Å²) in [5.74, 6) is 1.44. The van der Waals surface area contributed by atoms with Crippen molar-refractivity contribution >= 4 is 5.91 Å². The lowest BCUT2D eigenvalue weighted by molar-refractivity contribution is -0.127. The highest BCUT2D eigenvalue weighted by Crippen LogP contribution is 2.36. The number of likely N-dealkylation sites (tertiary alicyclic amines) is 1. The van der Waals surface area contributed by atoms with Gasteiger partial charge in [-0.15, -0.1) is 0 Å². The number of carbonyl (C=O) groups excluding carboxylic acids is 1. The van der Waals surface area contributed by atoms with Gasteiger partial charge in [0.05, 0.1) is 19.8 Å². The van der Waals surface area contributed by atoms with Gasteiger partial charge in [-0.3, -0.25) is 4.79 Å². The highest BCUT2D eigenvalue weighted by atomic mass is 16.5. The minimum Gasteiger partial charge on any atom is -0.493 e. The Bertz CT molecular complexity index is 476. The molecule has 19 heavy (non-hydrogen) atoms. The molecule has 2 unspecified atom stereocenters. The number of hydrogen-bond donors (Lipinski definition) is 1. The van der Waals surface area contributed by atoms with E-state index in [0.29, 0.717) is 24.5 Å². The topological polar surface area (TPSA) is 64.8 Å². The number of nitrogens with zero attached hydrogens (tertiary/aromatic N) is 1. The van der Waals surface area contributed by atoms with Crippen LogP contribution in [0.15, 0.2) is 18.2 Å². The molecule has 1 amide bonds. The number of carbonyl (C=O) groups is 1. The van der Waals surface area contributed by atoms with Crippen LogP contribution in [0, 0.1) is 0 Å². The van der Waals surface area contributed by atoms with E-state index < -0.39 is 0 Å². The third kappa shape index (κ3) is 2.51. The molecule has 0 aliphatic carbocycles. The van der Waals surface area contributed by atoms with E-state index in [1.165, 1.54) is 0 Å². The first kappa shape index (κ1) is 13.7. The second-order valence-electron chi connectivity index (χ2n) is 4.66. The molecular formula is C14H20N2O3. The van der Waals surface area contributed by atoms with Crippen molar-refractivity contribution in [2.45, 2.75) is 25.4 Å². The fourth-order valence-electron chi connectivity index (χ4n) is 2.51. The Morgan fingerprint density at radius 3 is 2.68 bits per heavy atom. The lowest BCUT2D eigenvalue weighted by atomic mass is 10.0. The molecule has 2 rings (SSSR count). The average molecular weight is 264 g/mol. The molecule has 1 heterocycles. The van der Waals surface area contributed by atoms with Gasteiger partial charge in [0, 0.05) is 19.5 Å². The summed E-state index contributed by atoms with van der Waals surface area (Å²) in [5.41, 5.74) is 7.02. The first-order chi connectivity index (χ1) is 9.08. The quantitative estimate of drug-likeness (QED) is 0.891. The number of ether oxygens (including phenoxy) is 2. The van der Waals surface area contributed by atoms with Crippen molar-refractivity contribution in [3.05, 3.63) is 23.8 Å². The van der Waals surface area contributed by atoms with E-state index in [1.807, 2.05) is 25.1 Å². The van der Waals surface area contributed by atoms with Gasteiger partial charge in [0.1, 0.15) is 0 Å². The highest BCUT2D eigenvalue weighted by molar-refractivity contribution is 5.80. The number of methoxy groups -OCH3 is 1. The molecule has 2 N–H and O–H groups in total. The number of likely N-dealkylation sites (N-methyl/N-ethyl adjacent to an activating group) is 1. The predicted molar refractivity (Wildman–Crippen MR) is 72.3 cm³/mol. The van der Waals surface area contributed by atoms with Crippen molar-refractivity contribution in [1.29, 1.82) is 0 Å². The molecule has 1 fully saturated rings. The Hall–Kier alpha value is -1.75. The van der Waals surface area contributed by atoms with Gasteiger partial charge in [-0.05, 0) is 24.6 Å². The molecule has 0 bridgehead atoms. The van der Waals surface area contributed by atoms with Crippen LogP contribution in [0.1, 0.15) is 24.9 Å². The molecule has 5 heteroatoms. The van der Waals surface area contributed by atoms with Gasteiger partial charge in [-0.25, -0.2) is 0 Å². The molecule has 1 aliphatic rings. The van der Waals surface area contributed by atoms with Gasteiger partial charge in [0.25, 0.3) is 0 Å². The van der Waals surface area contributed by atoms with E-state index >= 15 is 0 Å². The molecule has 1 aromatic carbocycles. The molecule has 1 aliphatic heterocycles. The maximum Gasteiger partial charge on any atom is 0.224 e. The smallest absolute Gasteiger partial charge is 0.224 e. The number of hydrogen-bond acceptors (Lipinski definition) is 4. The van der Waals surface area contributed by atoms with Crippen LogP contribution >= 0.6 is 0 Å². The van der Waals surface area contributed by atoms with Crippen LogP contribution in [0.5, 0.6) is 11.5 Å². The third-order valence-electron chi connectivity index (χ3n) is 3.46. The van der Waals surface area contributed by atoms with Crippen LogP contribution < -0.4 is 15.2 Å². The lowest BCUT2D eigenvalue weighted by Gasteiger charge is -2.24. The van der Waals surface area contributed by atoms with E-state index in [1.54, 1.807) is 19.1 Å². The largest absolute Gasteiger partial charge is 0.493 e. The third-order valence-corrected chi connectivity index (χ3v) is 3.46. The van der Waals surface area contributed by atoms with Crippen LogP contribution in [0.25, 0.3) is 0 Å². The fraction of sp³-hybridized carbons (Fsp3) is 0.500. The fourth-order valence-corrected chi connectivity index (χ4v) is 2.51. The molecule has 5 nitrogen and oxygen atoms in total. The summed E-state index contributed by atoms with van der Waals surface area (Å²) in [6.07, 6.45) is 0.386. The molecule has 2 atom stereocenters. The van der Waals surface area contributed by atoms with Crippen molar-refractivity contribution in [2.24, 2.45) is 5.73 Å². The zero-order valence-electron chi connectivity index (χ0n) is 11.6. The van der Waals surface area contributed by atoms with Gasteiger partial charge in [-0.1, -0.05) is 6.07 Å². The highest BCUT2D eigenvalue weighted by Gasteiger charge is 2.36. The zero-order valence-corrected chi connectivity index (χ0v) is 11.6. The maximum absolute atomic E-state index is 11.7. The Labute approximate surface area is 113 Å². The summed E-state index contributed by atoms with van der Waals surface area (Å²) in [5, 5.41) is 0. The average Bonchev–Trinajstić information content (AvgIpc) is 2.64. The van der Waals surface area contributed by atoms with Crippen molar-refractivity contribution in [3.63, 3.8) is 0 Å². The molecule has 104 valence electrons. The summed E-state index contributed by atoms with van der Waals surface area (Å²) in [4.78, 5) is 13.4. The normalized spacial score (nSPS) is 22.7. The number of nitrogens with two attached hydrogens (primary N) is 1. The minimum atomic E-state index is -0.180. The van der Waals surface area contributed by atoms with E-state index in [0.717, 1.165) is 5.56 Å². The summed E-state index contributed by atoms with van der Waals surface area (Å²) in [6, 6.07) is 5.41. The van der Waals surface area contributed by atoms with Gasteiger partial charge in [0.2, 0.25) is 5.91 Å². The van der Waals surface area contributed by atoms with Crippen LogP contribution in [-0.2, 0) is 4.79 Å². The second-order valence-corrected chi connectivity index (χ2v) is 4.66. The summed E-state index contributed by atoms with van der Waals surface area (Å²) in [6.45, 7) is 2.50. The Balaban J connectivity index is 2.33. The van der Waals surface area contributed by atoms with Crippen LogP contribution in [0.3, 0.4) is 0 Å². The summed E-state index contributed by atoms with van der Waals surface area (Å²) in [7, 11) is 3.38. The van der Waals surface area contributed by atoms with Gasteiger partial charge < -0.3 is 20.1 Å². The Kier molecular flexibility index (Phi) is 3.95. The maximum atomic E-state index is 11.7. The van der Waals surface area contributed by atoms with Crippen molar-refractivity contribution in [3.8, 4) is 11.5 Å². The number of benzene rings is 1. The van der Waals surface area contributed by atoms with E-state index in [2.05, 4.69) is 0 Å². The zero-order chi connectivity index (χ0) is 14.0. The van der Waals surface area contributed by atoms with Crippen molar-refractivity contribution < 1.29 is 14.3 Å². The minimum absolute atomic E-state index is 0.0744. The number of amides is 1. The molecule has 0 aromatic heterocycles. The standard InChI is InChI=1S/C14H20N2O3/c1-4-19-11-6-5-9(7-12(11)18-3)14-10(15)8-13(17)16(14)2/h5-7,10,14H,4,8,15H2,1-3H3. The SMILES string of the molecule is CCOc1ccc(C2C(N)CC(=O)N2C)cc1OC. The van der Waals surface area contributed by atoms with E-state index in [-0.39, 0.29) is 18.0 Å². The molecule has 0 spiro atoms. The predicted octanol–water partition coefficient (Wildman–Crippen LogP) is 1.32. The van der Waals surface area contributed by atoms with Crippen LogP contribution in [0.2, 0.25) is 0 Å². The Morgan fingerprint density at radius 2 is 2.16 bits per heavy atom. The molecular weight excluding hydrogens is 244 g/mol. The molecule has 0 saturated carbocycles. The van der Waals surface area contributed by atoms with Gasteiger partial charge in [0.15, 0.2) is 11.5 Å². The summed E-state index contributed by atoms with van der Waals surface area (Å²) >= 11 is 0. The van der Waals surface area contributed by atoms with E-state index in [9.17, 15) is 4.79 Å². The Morgan fingerprint density at radius 1 is 1.42 bits per heavy atom. The number of rotatable bonds is 4. The van der Waals surface area contributed by atoms with Crippen LogP contribution in [0.4, 0.5) is 0 Å². The van der Waals surface area contributed by atoms with Crippen LogP contribution in [-0.4, -0.2) is 37.6 Å². The first-order valence-corrected chi connectivity index (χ1v) is 6.40.